The van der Waals surface area contributed by atoms with E-state index in [-0.39, 0.29) is 0 Å². The maximum Gasteiger partial charge on any atom is 0.142 e. The Morgan fingerprint density at radius 2 is 1.44 bits per heavy atom. The number of ether oxygens (including phenoxy) is 1. The lowest BCUT2D eigenvalue weighted by Gasteiger charge is -2.03. The van der Waals surface area contributed by atoms with Crippen LogP contribution in [0.1, 0.15) is 5.56 Å². The summed E-state index contributed by atoms with van der Waals surface area (Å²) in [5.74, 6) is 2.41. The molecular weight excluding hydrogens is 334 g/mol. The summed E-state index contributed by atoms with van der Waals surface area (Å²) in [7, 11) is 1.65. The quantitative estimate of drug-likeness (QED) is 0.442. The molecule has 0 bridgehead atoms. The molecule has 0 N–H and O–H groups in total. The molecule has 27 heavy (non-hydrogen) atoms. The highest BCUT2D eigenvalue weighted by molar-refractivity contribution is 5.83. The van der Waals surface area contributed by atoms with Crippen molar-refractivity contribution >= 4 is 0 Å². The number of hydrogen-bond donors (Lipinski definition) is 0. The summed E-state index contributed by atoms with van der Waals surface area (Å²) in [4.78, 5) is 0. The van der Waals surface area contributed by atoms with Crippen molar-refractivity contribution in [3.63, 3.8) is 0 Å². The predicted molar refractivity (Wildman–Crippen MR) is 106 cm³/mol. The molecule has 4 aromatic rings. The highest BCUT2D eigenvalue weighted by Crippen LogP contribution is 2.39. The first kappa shape index (κ1) is 16.7. The lowest BCUT2D eigenvalue weighted by molar-refractivity contribution is 0.415. The SMILES string of the molecule is COc1ccc(-c2cc(-c3ccc(C#N)cc3)c(-c3ccccc3)o2)cc1. The Bertz CT molecular complexity index is 1090. The van der Waals surface area contributed by atoms with Crippen molar-refractivity contribution < 1.29 is 9.15 Å². The summed E-state index contributed by atoms with van der Waals surface area (Å²) in [5.41, 5.74) is 4.64. The van der Waals surface area contributed by atoms with Crippen molar-refractivity contribution in [3.05, 3.63) is 90.5 Å². The van der Waals surface area contributed by atoms with E-state index in [4.69, 9.17) is 14.4 Å². The van der Waals surface area contributed by atoms with Crippen LogP contribution in [-0.4, -0.2) is 7.11 Å². The molecule has 0 spiro atoms. The van der Waals surface area contributed by atoms with Gasteiger partial charge in [-0.1, -0.05) is 42.5 Å². The normalized spacial score (nSPS) is 10.4. The molecular formula is C24H17NO2. The summed E-state index contributed by atoms with van der Waals surface area (Å²) < 4.78 is 11.5. The molecule has 3 nitrogen and oxygen atoms in total. The molecule has 0 atom stereocenters. The summed E-state index contributed by atoms with van der Waals surface area (Å²) in [6.45, 7) is 0. The highest BCUT2D eigenvalue weighted by atomic mass is 16.5. The number of nitriles is 1. The Morgan fingerprint density at radius 1 is 0.778 bits per heavy atom. The summed E-state index contributed by atoms with van der Waals surface area (Å²) >= 11 is 0. The third-order valence-electron chi connectivity index (χ3n) is 4.47. The average molecular weight is 351 g/mol. The van der Waals surface area contributed by atoms with Crippen LogP contribution in [0.4, 0.5) is 0 Å². The molecule has 0 radical (unpaired) electrons. The molecule has 0 aliphatic heterocycles. The fourth-order valence-electron chi connectivity index (χ4n) is 3.03. The van der Waals surface area contributed by atoms with Gasteiger partial charge in [-0.05, 0) is 48.0 Å². The van der Waals surface area contributed by atoms with Crippen LogP contribution in [0.15, 0.2) is 89.3 Å². The molecule has 1 heterocycles. The van der Waals surface area contributed by atoms with Gasteiger partial charge in [-0.25, -0.2) is 0 Å². The monoisotopic (exact) mass is 351 g/mol. The molecule has 0 saturated carbocycles. The van der Waals surface area contributed by atoms with E-state index in [0.29, 0.717) is 5.56 Å². The molecule has 0 aliphatic carbocycles. The largest absolute Gasteiger partial charge is 0.497 e. The first-order valence-corrected chi connectivity index (χ1v) is 8.62. The van der Waals surface area contributed by atoms with Crippen molar-refractivity contribution in [2.75, 3.05) is 7.11 Å². The van der Waals surface area contributed by atoms with Crippen LogP contribution in [0.2, 0.25) is 0 Å². The van der Waals surface area contributed by atoms with Crippen LogP contribution in [-0.2, 0) is 0 Å². The van der Waals surface area contributed by atoms with Crippen molar-refractivity contribution in [2.24, 2.45) is 0 Å². The van der Waals surface area contributed by atoms with Crippen LogP contribution in [0, 0.1) is 11.3 Å². The Hall–Kier alpha value is -3.77. The van der Waals surface area contributed by atoms with E-state index >= 15 is 0 Å². The molecule has 0 saturated heterocycles. The zero-order valence-corrected chi connectivity index (χ0v) is 14.8. The average Bonchev–Trinajstić information content (AvgIpc) is 3.20. The van der Waals surface area contributed by atoms with Crippen LogP contribution in [0.3, 0.4) is 0 Å². The summed E-state index contributed by atoms with van der Waals surface area (Å²) in [5, 5.41) is 9.05. The number of nitrogens with zero attached hydrogens (tertiary/aromatic N) is 1. The molecule has 3 aromatic carbocycles. The minimum absolute atomic E-state index is 0.638. The van der Waals surface area contributed by atoms with Crippen molar-refractivity contribution in [3.8, 4) is 45.6 Å². The Balaban J connectivity index is 1.85. The van der Waals surface area contributed by atoms with Crippen molar-refractivity contribution in [1.82, 2.24) is 0 Å². The number of rotatable bonds is 4. The smallest absolute Gasteiger partial charge is 0.142 e. The molecule has 0 aliphatic rings. The minimum atomic E-state index is 0.638. The van der Waals surface area contributed by atoms with E-state index < -0.39 is 0 Å². The molecule has 0 unspecified atom stereocenters. The second-order valence-corrected chi connectivity index (χ2v) is 6.14. The third kappa shape index (κ3) is 3.33. The number of benzene rings is 3. The molecule has 4 rings (SSSR count). The Morgan fingerprint density at radius 3 is 2.07 bits per heavy atom. The zero-order valence-electron chi connectivity index (χ0n) is 14.8. The summed E-state index contributed by atoms with van der Waals surface area (Å²) in [6, 6.07) is 29.6. The zero-order chi connectivity index (χ0) is 18.6. The molecule has 0 amide bonds. The highest BCUT2D eigenvalue weighted by Gasteiger charge is 2.16. The molecule has 130 valence electrons. The fraction of sp³-hybridized carbons (Fsp3) is 0.0417. The molecule has 3 heteroatoms. The summed E-state index contributed by atoms with van der Waals surface area (Å²) in [6.07, 6.45) is 0. The van der Waals surface area contributed by atoms with E-state index in [1.165, 1.54) is 0 Å². The van der Waals surface area contributed by atoms with Crippen LogP contribution in [0.5, 0.6) is 5.75 Å². The third-order valence-corrected chi connectivity index (χ3v) is 4.47. The van der Waals surface area contributed by atoms with E-state index in [1.54, 1.807) is 7.11 Å². The van der Waals surface area contributed by atoms with Gasteiger partial charge in [-0.2, -0.15) is 5.26 Å². The van der Waals surface area contributed by atoms with Gasteiger partial charge in [0.25, 0.3) is 0 Å². The fourth-order valence-corrected chi connectivity index (χ4v) is 3.03. The number of furan rings is 1. The van der Waals surface area contributed by atoms with E-state index in [9.17, 15) is 0 Å². The van der Waals surface area contributed by atoms with Crippen LogP contribution < -0.4 is 4.74 Å². The molecule has 0 fully saturated rings. The van der Waals surface area contributed by atoms with Crippen molar-refractivity contribution in [1.29, 1.82) is 5.26 Å². The lowest BCUT2D eigenvalue weighted by Crippen LogP contribution is -1.81. The maximum atomic E-state index is 9.05. The lowest BCUT2D eigenvalue weighted by atomic mass is 10.0. The Kier molecular flexibility index (Phi) is 4.47. The van der Waals surface area contributed by atoms with Gasteiger partial charge in [-0.15, -0.1) is 0 Å². The number of methoxy groups -OCH3 is 1. The topological polar surface area (TPSA) is 46.2 Å². The second-order valence-electron chi connectivity index (χ2n) is 6.14. The van der Waals surface area contributed by atoms with Gasteiger partial charge in [-0.3, -0.25) is 0 Å². The van der Waals surface area contributed by atoms with Gasteiger partial charge < -0.3 is 9.15 Å². The Labute approximate surface area is 158 Å². The van der Waals surface area contributed by atoms with Crippen molar-refractivity contribution in [2.45, 2.75) is 0 Å². The standard InChI is InChI=1S/C24H17NO2/c1-26-21-13-11-19(12-14-21)23-15-22(18-9-7-17(16-25)8-10-18)24(27-23)20-5-3-2-4-6-20/h2-15H,1H3. The van der Waals surface area contributed by atoms with Gasteiger partial charge in [0.2, 0.25) is 0 Å². The van der Waals surface area contributed by atoms with Crippen LogP contribution >= 0.6 is 0 Å². The minimum Gasteiger partial charge on any atom is -0.497 e. The van der Waals surface area contributed by atoms with Gasteiger partial charge in [0.1, 0.15) is 17.3 Å². The first-order chi connectivity index (χ1) is 13.3. The van der Waals surface area contributed by atoms with Gasteiger partial charge in [0.05, 0.1) is 18.7 Å². The first-order valence-electron chi connectivity index (χ1n) is 8.62. The van der Waals surface area contributed by atoms with Gasteiger partial charge >= 0.3 is 0 Å². The van der Waals surface area contributed by atoms with Crippen LogP contribution in [0.25, 0.3) is 33.8 Å². The van der Waals surface area contributed by atoms with E-state index in [0.717, 1.165) is 39.5 Å². The van der Waals surface area contributed by atoms with Gasteiger partial charge in [0.15, 0.2) is 0 Å². The van der Waals surface area contributed by atoms with E-state index in [1.807, 2.05) is 84.9 Å². The van der Waals surface area contributed by atoms with Gasteiger partial charge in [0, 0.05) is 16.7 Å². The number of hydrogen-bond acceptors (Lipinski definition) is 3. The molecule has 1 aromatic heterocycles. The maximum absolute atomic E-state index is 9.05. The van der Waals surface area contributed by atoms with E-state index in [2.05, 4.69) is 6.07 Å². The predicted octanol–water partition coefficient (Wildman–Crippen LogP) is 6.16. The second kappa shape index (κ2) is 7.23.